The molecule has 2 N–H and O–H groups in total. The molecule has 4 nitrogen and oxygen atoms in total. The van der Waals surface area contributed by atoms with E-state index in [1.807, 2.05) is 0 Å². The quantitative estimate of drug-likeness (QED) is 0.457. The zero-order valence-electron chi connectivity index (χ0n) is 11.4. The van der Waals surface area contributed by atoms with Gasteiger partial charge >= 0.3 is 0 Å². The molecule has 0 fully saturated rings. The molecular formula is C14H14F2N2O2S2. The molecule has 1 aromatic carbocycles. The van der Waals surface area contributed by atoms with Crippen LogP contribution >= 0.6 is 23.5 Å². The van der Waals surface area contributed by atoms with E-state index in [2.05, 4.69) is 9.97 Å². The number of aliphatic hydroxyl groups is 2. The van der Waals surface area contributed by atoms with Gasteiger partial charge in [-0.1, -0.05) is 35.7 Å². The first-order valence-electron chi connectivity index (χ1n) is 6.41. The number of hydrogen-bond acceptors (Lipinski definition) is 6. The highest BCUT2D eigenvalue weighted by atomic mass is 32.2. The van der Waals surface area contributed by atoms with Crippen molar-refractivity contribution < 1.29 is 19.0 Å². The van der Waals surface area contributed by atoms with E-state index in [-0.39, 0.29) is 29.8 Å². The normalized spacial score (nSPS) is 11.1. The first-order chi connectivity index (χ1) is 10.6. The Morgan fingerprint density at radius 1 is 1.14 bits per heavy atom. The van der Waals surface area contributed by atoms with Gasteiger partial charge in [0.05, 0.1) is 18.5 Å². The largest absolute Gasteiger partial charge is 0.395 e. The second kappa shape index (κ2) is 8.42. The number of aliphatic hydroxyl groups excluding tert-OH is 2. The van der Waals surface area contributed by atoms with E-state index in [0.717, 1.165) is 6.07 Å². The van der Waals surface area contributed by atoms with Crippen LogP contribution in [0.2, 0.25) is 0 Å². The summed E-state index contributed by atoms with van der Waals surface area (Å²) in [5.41, 5.74) is 0.246. The van der Waals surface area contributed by atoms with Gasteiger partial charge < -0.3 is 10.2 Å². The molecule has 1 heterocycles. The minimum Gasteiger partial charge on any atom is -0.395 e. The maximum absolute atomic E-state index is 13.6. The highest BCUT2D eigenvalue weighted by molar-refractivity contribution is 8.00. The average molecular weight is 344 g/mol. The van der Waals surface area contributed by atoms with E-state index >= 15 is 0 Å². The molecule has 0 aliphatic rings. The van der Waals surface area contributed by atoms with Gasteiger partial charge in [0.1, 0.15) is 5.03 Å². The van der Waals surface area contributed by atoms with Crippen molar-refractivity contribution >= 4 is 23.5 Å². The molecule has 0 radical (unpaired) electrons. The smallest absolute Gasteiger partial charge is 0.188 e. The van der Waals surface area contributed by atoms with Crippen molar-refractivity contribution in [2.24, 2.45) is 0 Å². The lowest BCUT2D eigenvalue weighted by molar-refractivity contribution is 0.228. The molecule has 0 unspecified atom stereocenters. The zero-order valence-corrected chi connectivity index (χ0v) is 13.1. The number of aromatic nitrogens is 2. The van der Waals surface area contributed by atoms with Gasteiger partial charge in [0.15, 0.2) is 16.8 Å². The van der Waals surface area contributed by atoms with Crippen molar-refractivity contribution in [3.63, 3.8) is 0 Å². The van der Waals surface area contributed by atoms with Crippen LogP contribution in [-0.2, 0) is 5.75 Å². The Bertz CT molecular complexity index is 628. The van der Waals surface area contributed by atoms with Gasteiger partial charge in [-0.25, -0.2) is 18.7 Å². The standard InChI is InChI=1S/C14H14F2N2O2S2/c15-11-3-1-2-9(13(11)16)8-21-14-17-5-4-12(18-14)22-10(6-19)7-20/h1-5,10,19-20H,6-8H2. The SMILES string of the molecule is OCC(CO)Sc1ccnc(SCc2cccc(F)c2F)n1. The third-order valence-electron chi connectivity index (χ3n) is 2.69. The third-order valence-corrected chi connectivity index (χ3v) is 4.70. The molecule has 0 spiro atoms. The summed E-state index contributed by atoms with van der Waals surface area (Å²) in [7, 11) is 0. The molecule has 0 amide bonds. The van der Waals surface area contributed by atoms with Gasteiger partial charge in [0, 0.05) is 17.5 Å². The highest BCUT2D eigenvalue weighted by Gasteiger charge is 2.11. The van der Waals surface area contributed by atoms with Crippen molar-refractivity contribution in [3.8, 4) is 0 Å². The van der Waals surface area contributed by atoms with Gasteiger partial charge in [-0.05, 0) is 12.1 Å². The van der Waals surface area contributed by atoms with Crippen LogP contribution in [0.1, 0.15) is 5.56 Å². The predicted octanol–water partition coefficient (Wildman–Crippen LogP) is 2.49. The fourth-order valence-electron chi connectivity index (χ4n) is 1.57. The number of nitrogens with zero attached hydrogens (tertiary/aromatic N) is 2. The maximum atomic E-state index is 13.6. The number of rotatable bonds is 7. The number of hydrogen-bond donors (Lipinski definition) is 2. The van der Waals surface area contributed by atoms with E-state index in [4.69, 9.17) is 10.2 Å². The van der Waals surface area contributed by atoms with E-state index in [9.17, 15) is 8.78 Å². The number of benzene rings is 1. The Hall–Kier alpha value is -1.22. The lowest BCUT2D eigenvalue weighted by Gasteiger charge is -2.10. The maximum Gasteiger partial charge on any atom is 0.188 e. The Kier molecular flexibility index (Phi) is 6.56. The minimum atomic E-state index is -0.878. The first-order valence-corrected chi connectivity index (χ1v) is 8.27. The Morgan fingerprint density at radius 3 is 2.64 bits per heavy atom. The van der Waals surface area contributed by atoms with E-state index in [1.165, 1.54) is 35.7 Å². The van der Waals surface area contributed by atoms with Crippen molar-refractivity contribution in [3.05, 3.63) is 47.7 Å². The van der Waals surface area contributed by atoms with Crippen molar-refractivity contribution in [1.82, 2.24) is 9.97 Å². The molecule has 1 aromatic heterocycles. The topological polar surface area (TPSA) is 66.2 Å². The summed E-state index contributed by atoms with van der Waals surface area (Å²) in [5.74, 6) is -1.53. The molecular weight excluding hydrogens is 330 g/mol. The fraction of sp³-hybridized carbons (Fsp3) is 0.286. The Balaban J connectivity index is 2.03. The van der Waals surface area contributed by atoms with Crippen LogP contribution in [0.3, 0.4) is 0 Å². The van der Waals surface area contributed by atoms with E-state index in [1.54, 1.807) is 12.3 Å². The van der Waals surface area contributed by atoms with E-state index in [0.29, 0.717) is 10.2 Å². The molecule has 0 saturated carbocycles. The van der Waals surface area contributed by atoms with E-state index < -0.39 is 11.6 Å². The zero-order chi connectivity index (χ0) is 15.9. The fourth-order valence-corrected chi connectivity index (χ4v) is 3.20. The average Bonchev–Trinajstić information content (AvgIpc) is 2.54. The lowest BCUT2D eigenvalue weighted by atomic mass is 10.2. The lowest BCUT2D eigenvalue weighted by Crippen LogP contribution is -2.13. The molecule has 0 atom stereocenters. The van der Waals surface area contributed by atoms with Crippen LogP contribution in [0.25, 0.3) is 0 Å². The summed E-state index contributed by atoms with van der Waals surface area (Å²) in [6.45, 7) is -0.329. The van der Waals surface area contributed by atoms with Crippen LogP contribution < -0.4 is 0 Å². The summed E-state index contributed by atoms with van der Waals surface area (Å²) in [4.78, 5) is 8.31. The summed E-state index contributed by atoms with van der Waals surface area (Å²) in [5, 5.41) is 18.8. The molecule has 0 aliphatic heterocycles. The molecule has 0 bridgehead atoms. The minimum absolute atomic E-state index is 0.165. The molecule has 2 aromatic rings. The van der Waals surface area contributed by atoms with Gasteiger partial charge in [-0.15, -0.1) is 0 Å². The molecule has 118 valence electrons. The summed E-state index contributed by atoms with van der Waals surface area (Å²) >= 11 is 2.42. The van der Waals surface area contributed by atoms with Crippen LogP contribution in [0.4, 0.5) is 8.78 Å². The Labute approximate surface area is 135 Å². The molecule has 22 heavy (non-hydrogen) atoms. The predicted molar refractivity (Wildman–Crippen MR) is 81.8 cm³/mol. The molecule has 8 heteroatoms. The van der Waals surface area contributed by atoms with Gasteiger partial charge in [0.25, 0.3) is 0 Å². The Morgan fingerprint density at radius 2 is 1.91 bits per heavy atom. The monoisotopic (exact) mass is 344 g/mol. The number of thioether (sulfide) groups is 2. The highest BCUT2D eigenvalue weighted by Crippen LogP contribution is 2.25. The second-order valence-corrected chi connectivity index (χ2v) is 6.55. The van der Waals surface area contributed by atoms with Crippen LogP contribution in [0, 0.1) is 11.6 Å². The molecule has 0 aliphatic carbocycles. The van der Waals surface area contributed by atoms with Gasteiger partial charge in [-0.2, -0.15) is 0 Å². The number of halogens is 2. The summed E-state index contributed by atoms with van der Waals surface area (Å²) < 4.78 is 26.7. The second-order valence-electron chi connectivity index (χ2n) is 4.28. The van der Waals surface area contributed by atoms with Crippen molar-refractivity contribution in [2.45, 2.75) is 21.2 Å². The van der Waals surface area contributed by atoms with Crippen LogP contribution in [0.15, 0.2) is 40.6 Å². The van der Waals surface area contributed by atoms with Crippen LogP contribution in [0.5, 0.6) is 0 Å². The van der Waals surface area contributed by atoms with Crippen LogP contribution in [-0.4, -0.2) is 38.6 Å². The van der Waals surface area contributed by atoms with Gasteiger partial charge in [-0.3, -0.25) is 0 Å². The van der Waals surface area contributed by atoms with Crippen molar-refractivity contribution in [2.75, 3.05) is 13.2 Å². The first kappa shape index (κ1) is 17.1. The van der Waals surface area contributed by atoms with Gasteiger partial charge in [0.2, 0.25) is 0 Å². The molecule has 0 saturated heterocycles. The summed E-state index contributed by atoms with van der Waals surface area (Å²) in [6.07, 6.45) is 1.55. The molecule has 2 rings (SSSR count). The summed E-state index contributed by atoms with van der Waals surface area (Å²) in [6, 6.07) is 5.70. The third kappa shape index (κ3) is 4.64. The van der Waals surface area contributed by atoms with Crippen molar-refractivity contribution in [1.29, 1.82) is 0 Å².